The van der Waals surface area contributed by atoms with Gasteiger partial charge in [0.05, 0.1) is 23.9 Å². The molecule has 0 bridgehead atoms. The Labute approximate surface area is 116 Å². The molecule has 0 aromatic carbocycles. The van der Waals surface area contributed by atoms with Crippen molar-refractivity contribution in [2.45, 2.75) is 6.54 Å². The van der Waals surface area contributed by atoms with E-state index in [0.717, 1.165) is 5.69 Å². The van der Waals surface area contributed by atoms with Gasteiger partial charge < -0.3 is 5.32 Å². The number of nitrogens with one attached hydrogen (secondary N) is 1. The molecule has 1 amide bonds. The zero-order valence-electron chi connectivity index (χ0n) is 9.68. The monoisotopic (exact) mass is 291 g/mol. The van der Waals surface area contributed by atoms with E-state index in [4.69, 9.17) is 0 Å². The van der Waals surface area contributed by atoms with Crippen molar-refractivity contribution in [1.29, 1.82) is 0 Å². The molecular formula is C11H9N5OS2. The lowest BCUT2D eigenvalue weighted by atomic mass is 10.4. The van der Waals surface area contributed by atoms with Crippen molar-refractivity contribution in [3.05, 3.63) is 45.3 Å². The second kappa shape index (κ2) is 5.29. The summed E-state index contributed by atoms with van der Waals surface area (Å²) >= 11 is 2.98. The Bertz CT molecular complexity index is 659. The number of aromatic nitrogens is 4. The first kappa shape index (κ1) is 12.0. The van der Waals surface area contributed by atoms with Gasteiger partial charge in [0.25, 0.3) is 5.91 Å². The van der Waals surface area contributed by atoms with Crippen LogP contribution in [0.25, 0.3) is 5.69 Å². The molecule has 0 aliphatic heterocycles. The van der Waals surface area contributed by atoms with Crippen LogP contribution in [-0.2, 0) is 6.54 Å². The Morgan fingerprint density at radius 2 is 2.32 bits per heavy atom. The number of hydrogen-bond acceptors (Lipinski definition) is 6. The summed E-state index contributed by atoms with van der Waals surface area (Å²) < 4.78 is 1.68. The predicted octanol–water partition coefficient (Wildman–Crippen LogP) is 1.72. The second-order valence-corrected chi connectivity index (χ2v) is 5.19. The molecule has 3 aromatic heterocycles. The molecular weight excluding hydrogens is 282 g/mol. The van der Waals surface area contributed by atoms with Crippen molar-refractivity contribution in [2.75, 3.05) is 0 Å². The normalized spacial score (nSPS) is 10.5. The van der Waals surface area contributed by atoms with E-state index in [9.17, 15) is 4.79 Å². The number of thiophene rings is 1. The maximum Gasteiger partial charge on any atom is 0.271 e. The van der Waals surface area contributed by atoms with Gasteiger partial charge >= 0.3 is 0 Å². The third kappa shape index (κ3) is 2.69. The number of carbonyl (C=O) groups excluding carboxylic acids is 1. The minimum Gasteiger partial charge on any atom is -0.345 e. The average molecular weight is 291 g/mol. The molecule has 0 spiro atoms. The second-order valence-electron chi connectivity index (χ2n) is 3.69. The van der Waals surface area contributed by atoms with Crippen LogP contribution < -0.4 is 5.32 Å². The van der Waals surface area contributed by atoms with Crippen molar-refractivity contribution in [3.63, 3.8) is 0 Å². The van der Waals surface area contributed by atoms with Gasteiger partial charge in [-0.3, -0.25) is 4.79 Å². The highest BCUT2D eigenvalue weighted by molar-refractivity contribution is 7.08. The first-order chi connectivity index (χ1) is 9.33. The molecule has 0 fully saturated rings. The number of amides is 1. The van der Waals surface area contributed by atoms with Gasteiger partial charge in [-0.2, -0.15) is 11.3 Å². The maximum atomic E-state index is 11.7. The van der Waals surface area contributed by atoms with E-state index in [1.54, 1.807) is 33.1 Å². The quantitative estimate of drug-likeness (QED) is 0.794. The van der Waals surface area contributed by atoms with Crippen molar-refractivity contribution < 1.29 is 4.79 Å². The van der Waals surface area contributed by atoms with Gasteiger partial charge in [-0.1, -0.05) is 5.21 Å². The summed E-state index contributed by atoms with van der Waals surface area (Å²) in [6.07, 6.45) is 1.80. The van der Waals surface area contributed by atoms with Crippen molar-refractivity contribution in [2.24, 2.45) is 0 Å². The highest BCUT2D eigenvalue weighted by atomic mass is 32.1. The van der Waals surface area contributed by atoms with Crippen molar-refractivity contribution in [1.82, 2.24) is 25.3 Å². The molecule has 0 aliphatic carbocycles. The van der Waals surface area contributed by atoms with Crippen LogP contribution in [0.1, 0.15) is 16.2 Å². The van der Waals surface area contributed by atoms with Crippen LogP contribution in [0.5, 0.6) is 0 Å². The van der Waals surface area contributed by atoms with E-state index in [2.05, 4.69) is 20.6 Å². The van der Waals surface area contributed by atoms with Crippen LogP contribution in [-0.4, -0.2) is 25.9 Å². The van der Waals surface area contributed by atoms with Crippen molar-refractivity contribution in [3.8, 4) is 5.69 Å². The lowest BCUT2D eigenvalue weighted by Gasteiger charge is -1.98. The number of hydrogen-bond donors (Lipinski definition) is 1. The third-order valence-corrected chi connectivity index (χ3v) is 3.66. The molecule has 3 rings (SSSR count). The maximum absolute atomic E-state index is 11.7. The fourth-order valence-corrected chi connectivity index (χ4v) is 2.63. The largest absolute Gasteiger partial charge is 0.345 e. The Morgan fingerprint density at radius 3 is 3.05 bits per heavy atom. The highest BCUT2D eigenvalue weighted by Gasteiger charge is 2.09. The molecule has 0 atom stereocenters. The number of thiazole rings is 1. The van der Waals surface area contributed by atoms with E-state index in [0.29, 0.717) is 17.9 Å². The molecule has 6 nitrogen and oxygen atoms in total. The minimum atomic E-state index is -0.202. The summed E-state index contributed by atoms with van der Waals surface area (Å²) in [5, 5.41) is 16.4. The lowest BCUT2D eigenvalue weighted by Crippen LogP contribution is -2.23. The Hall–Kier alpha value is -2.06. The highest BCUT2D eigenvalue weighted by Crippen LogP contribution is 2.10. The van der Waals surface area contributed by atoms with Gasteiger partial charge in [-0.15, -0.1) is 16.4 Å². The Kier molecular flexibility index (Phi) is 3.34. The molecule has 3 heterocycles. The molecule has 3 aromatic rings. The SMILES string of the molecule is O=C(NCc1cn(-c2ccsc2)nn1)c1cscn1. The van der Waals surface area contributed by atoms with Crippen LogP contribution in [0.4, 0.5) is 0 Å². The molecule has 0 radical (unpaired) electrons. The summed E-state index contributed by atoms with van der Waals surface area (Å²) in [5.74, 6) is -0.202. The van der Waals surface area contributed by atoms with Crippen LogP contribution in [0.3, 0.4) is 0 Å². The van der Waals surface area contributed by atoms with Crippen molar-refractivity contribution >= 4 is 28.6 Å². The Morgan fingerprint density at radius 1 is 1.37 bits per heavy atom. The van der Waals surface area contributed by atoms with Crippen LogP contribution in [0, 0.1) is 0 Å². The van der Waals surface area contributed by atoms with Crippen LogP contribution in [0.15, 0.2) is 33.9 Å². The van der Waals surface area contributed by atoms with Gasteiger partial charge in [0.15, 0.2) is 0 Å². The summed E-state index contributed by atoms with van der Waals surface area (Å²) in [4.78, 5) is 15.6. The third-order valence-electron chi connectivity index (χ3n) is 2.41. The summed E-state index contributed by atoms with van der Waals surface area (Å²) in [6, 6.07) is 1.96. The number of nitrogens with zero attached hydrogens (tertiary/aromatic N) is 4. The summed E-state index contributed by atoms with van der Waals surface area (Å²) in [7, 11) is 0. The van der Waals surface area contributed by atoms with Gasteiger partial charge in [0, 0.05) is 10.8 Å². The van der Waals surface area contributed by atoms with E-state index in [1.807, 2.05) is 16.8 Å². The van der Waals surface area contributed by atoms with Crippen LogP contribution >= 0.6 is 22.7 Å². The van der Waals surface area contributed by atoms with Gasteiger partial charge in [-0.25, -0.2) is 9.67 Å². The first-order valence-corrected chi connectivity index (χ1v) is 7.31. The zero-order valence-corrected chi connectivity index (χ0v) is 11.3. The molecule has 0 aliphatic rings. The molecule has 0 saturated heterocycles. The van der Waals surface area contributed by atoms with E-state index in [1.165, 1.54) is 11.3 Å². The summed E-state index contributed by atoms with van der Waals surface area (Å²) in [6.45, 7) is 0.334. The average Bonchev–Trinajstić information content (AvgIpc) is 3.14. The Balaban J connectivity index is 1.63. The zero-order chi connectivity index (χ0) is 13.1. The van der Waals surface area contributed by atoms with Gasteiger partial charge in [-0.05, 0) is 11.4 Å². The van der Waals surface area contributed by atoms with E-state index >= 15 is 0 Å². The molecule has 0 unspecified atom stereocenters. The summed E-state index contributed by atoms with van der Waals surface area (Å²) in [5.41, 5.74) is 3.72. The smallest absolute Gasteiger partial charge is 0.271 e. The standard InChI is InChI=1S/C11H9N5OS2/c17-11(10-6-19-7-13-10)12-3-8-4-16(15-14-8)9-1-2-18-5-9/h1-2,4-7H,3H2,(H,12,17). The molecule has 8 heteroatoms. The number of carbonyl (C=O) groups is 1. The first-order valence-electron chi connectivity index (χ1n) is 5.43. The molecule has 0 saturated carbocycles. The predicted molar refractivity (Wildman–Crippen MR) is 72.5 cm³/mol. The molecule has 96 valence electrons. The number of rotatable bonds is 4. The van der Waals surface area contributed by atoms with Gasteiger partial charge in [0.2, 0.25) is 0 Å². The fraction of sp³-hybridized carbons (Fsp3) is 0.0909. The van der Waals surface area contributed by atoms with Crippen LogP contribution in [0.2, 0.25) is 0 Å². The molecule has 1 N–H and O–H groups in total. The van der Waals surface area contributed by atoms with E-state index in [-0.39, 0.29) is 5.91 Å². The minimum absolute atomic E-state index is 0.202. The molecule has 19 heavy (non-hydrogen) atoms. The van der Waals surface area contributed by atoms with E-state index < -0.39 is 0 Å². The fourth-order valence-electron chi connectivity index (χ4n) is 1.48. The topological polar surface area (TPSA) is 72.7 Å². The lowest BCUT2D eigenvalue weighted by molar-refractivity contribution is 0.0946. The van der Waals surface area contributed by atoms with Gasteiger partial charge in [0.1, 0.15) is 11.4 Å².